The van der Waals surface area contributed by atoms with Gasteiger partial charge in [0.05, 0.1) is 16.2 Å². The van der Waals surface area contributed by atoms with Crippen LogP contribution in [0.3, 0.4) is 0 Å². The molecule has 0 amide bonds. The van der Waals surface area contributed by atoms with Gasteiger partial charge in [0.2, 0.25) is 0 Å². The number of halogens is 3. The number of aromatic nitrogens is 1. The molecule has 5 heteroatoms. The highest BCUT2D eigenvalue weighted by Crippen LogP contribution is 2.36. The third-order valence-electron chi connectivity index (χ3n) is 2.03. The summed E-state index contributed by atoms with van der Waals surface area (Å²) < 4.78 is 0. The molecule has 0 aliphatic heterocycles. The van der Waals surface area contributed by atoms with Crippen molar-refractivity contribution in [3.8, 4) is 16.9 Å². The van der Waals surface area contributed by atoms with Crippen LogP contribution in [-0.2, 0) is 0 Å². The van der Waals surface area contributed by atoms with E-state index in [2.05, 4.69) is 4.98 Å². The lowest BCUT2D eigenvalue weighted by Gasteiger charge is -2.07. The second-order valence-corrected chi connectivity index (χ2v) is 4.40. The molecule has 0 radical (unpaired) electrons. The maximum atomic E-state index is 9.33. The van der Waals surface area contributed by atoms with Gasteiger partial charge in [0, 0.05) is 22.3 Å². The van der Waals surface area contributed by atoms with E-state index in [-0.39, 0.29) is 5.75 Å². The Kier molecular flexibility index (Phi) is 3.24. The van der Waals surface area contributed by atoms with Crippen LogP contribution in [0.15, 0.2) is 30.6 Å². The molecule has 82 valence electrons. The zero-order valence-corrected chi connectivity index (χ0v) is 10.2. The highest BCUT2D eigenvalue weighted by molar-refractivity contribution is 6.45. The topological polar surface area (TPSA) is 33.1 Å². The molecule has 0 aliphatic rings. The van der Waals surface area contributed by atoms with Gasteiger partial charge in [-0.3, -0.25) is 4.98 Å². The van der Waals surface area contributed by atoms with Gasteiger partial charge >= 0.3 is 0 Å². The molecule has 0 saturated heterocycles. The van der Waals surface area contributed by atoms with E-state index in [1.54, 1.807) is 24.4 Å². The molecule has 0 unspecified atom stereocenters. The first-order valence-electron chi connectivity index (χ1n) is 4.37. The van der Waals surface area contributed by atoms with Crippen molar-refractivity contribution in [1.82, 2.24) is 4.98 Å². The number of hydrogen-bond acceptors (Lipinski definition) is 2. The van der Waals surface area contributed by atoms with Gasteiger partial charge in [0.1, 0.15) is 5.75 Å². The molecular formula is C11H6Cl3NO. The predicted molar refractivity (Wildman–Crippen MR) is 66.4 cm³/mol. The van der Waals surface area contributed by atoms with Crippen molar-refractivity contribution in [2.75, 3.05) is 0 Å². The Balaban J connectivity index is 2.64. The molecule has 1 N–H and O–H groups in total. The molecule has 0 fully saturated rings. The fraction of sp³-hybridized carbons (Fsp3) is 0. The monoisotopic (exact) mass is 273 g/mol. The van der Waals surface area contributed by atoms with Crippen molar-refractivity contribution < 1.29 is 5.11 Å². The summed E-state index contributed by atoms with van der Waals surface area (Å²) in [5, 5.41) is 10.6. The zero-order valence-electron chi connectivity index (χ0n) is 7.92. The van der Waals surface area contributed by atoms with E-state index in [1.807, 2.05) is 0 Å². The van der Waals surface area contributed by atoms with Gasteiger partial charge in [-0.1, -0.05) is 34.8 Å². The fourth-order valence-corrected chi connectivity index (χ4v) is 2.05. The number of hydrogen-bond donors (Lipinski definition) is 1. The quantitative estimate of drug-likeness (QED) is 0.781. The molecule has 2 nitrogen and oxygen atoms in total. The van der Waals surface area contributed by atoms with E-state index in [0.29, 0.717) is 26.2 Å². The number of pyridine rings is 1. The summed E-state index contributed by atoms with van der Waals surface area (Å²) in [5.74, 6) is 0.0599. The van der Waals surface area contributed by atoms with Crippen LogP contribution in [0.1, 0.15) is 0 Å². The second-order valence-electron chi connectivity index (χ2n) is 3.18. The smallest absolute Gasteiger partial charge is 0.134 e. The van der Waals surface area contributed by atoms with Gasteiger partial charge in [0.15, 0.2) is 0 Å². The largest absolute Gasteiger partial charge is 0.506 e. The van der Waals surface area contributed by atoms with E-state index in [9.17, 15) is 5.11 Å². The fourth-order valence-electron chi connectivity index (χ4n) is 1.34. The van der Waals surface area contributed by atoms with E-state index in [1.165, 1.54) is 6.20 Å². The lowest BCUT2D eigenvalue weighted by atomic mass is 10.1. The normalized spacial score (nSPS) is 10.4. The van der Waals surface area contributed by atoms with Gasteiger partial charge < -0.3 is 5.11 Å². The zero-order chi connectivity index (χ0) is 11.7. The Bertz CT molecular complexity index is 543. The van der Waals surface area contributed by atoms with Gasteiger partial charge in [-0.2, -0.15) is 0 Å². The molecule has 16 heavy (non-hydrogen) atoms. The van der Waals surface area contributed by atoms with Crippen LogP contribution in [-0.4, -0.2) is 10.1 Å². The first kappa shape index (κ1) is 11.5. The van der Waals surface area contributed by atoms with E-state index >= 15 is 0 Å². The molecule has 1 aromatic heterocycles. The van der Waals surface area contributed by atoms with Crippen molar-refractivity contribution in [3.05, 3.63) is 45.7 Å². The van der Waals surface area contributed by atoms with Crippen molar-refractivity contribution in [2.45, 2.75) is 0 Å². The Morgan fingerprint density at radius 2 is 1.75 bits per heavy atom. The summed E-state index contributed by atoms with van der Waals surface area (Å²) in [6.07, 6.45) is 2.91. The van der Waals surface area contributed by atoms with Gasteiger partial charge in [-0.25, -0.2) is 0 Å². The Morgan fingerprint density at radius 1 is 1.00 bits per heavy atom. The molecule has 2 aromatic rings. The molecule has 1 heterocycles. The maximum absolute atomic E-state index is 9.33. The highest BCUT2D eigenvalue weighted by Gasteiger charge is 2.09. The van der Waals surface area contributed by atoms with Crippen LogP contribution in [0, 0.1) is 0 Å². The van der Waals surface area contributed by atoms with Crippen LogP contribution in [0.25, 0.3) is 11.1 Å². The van der Waals surface area contributed by atoms with Gasteiger partial charge in [0.25, 0.3) is 0 Å². The van der Waals surface area contributed by atoms with Crippen molar-refractivity contribution >= 4 is 34.8 Å². The van der Waals surface area contributed by atoms with Gasteiger partial charge in [-0.15, -0.1) is 0 Å². The van der Waals surface area contributed by atoms with Crippen LogP contribution in [0.5, 0.6) is 5.75 Å². The molecule has 0 aliphatic carbocycles. The van der Waals surface area contributed by atoms with E-state index in [0.717, 1.165) is 0 Å². The standard InChI is InChI=1S/C11H6Cl3NO/c12-7-2-9(11(14)10(13)3-7)6-1-8(16)5-15-4-6/h1-5,16H. The average molecular weight is 275 g/mol. The minimum absolute atomic E-state index is 0.0599. The summed E-state index contributed by atoms with van der Waals surface area (Å²) in [7, 11) is 0. The van der Waals surface area contributed by atoms with Crippen LogP contribution in [0.2, 0.25) is 15.1 Å². The van der Waals surface area contributed by atoms with Gasteiger partial charge in [-0.05, 0) is 18.2 Å². The first-order valence-corrected chi connectivity index (χ1v) is 5.50. The van der Waals surface area contributed by atoms with Crippen LogP contribution >= 0.6 is 34.8 Å². The van der Waals surface area contributed by atoms with E-state index in [4.69, 9.17) is 34.8 Å². The molecule has 0 spiro atoms. The lowest BCUT2D eigenvalue weighted by Crippen LogP contribution is -1.83. The number of benzene rings is 1. The summed E-state index contributed by atoms with van der Waals surface area (Å²) in [6.45, 7) is 0. The molecule has 0 atom stereocenters. The molecule has 2 rings (SSSR count). The minimum atomic E-state index is 0.0599. The summed E-state index contributed by atoms with van der Waals surface area (Å²) in [6, 6.07) is 4.78. The van der Waals surface area contributed by atoms with Crippen LogP contribution in [0.4, 0.5) is 0 Å². The lowest BCUT2D eigenvalue weighted by molar-refractivity contribution is 0.473. The van der Waals surface area contributed by atoms with Crippen molar-refractivity contribution in [3.63, 3.8) is 0 Å². The summed E-state index contributed by atoms with van der Waals surface area (Å²) in [5.41, 5.74) is 1.30. The number of nitrogens with zero attached hydrogens (tertiary/aromatic N) is 1. The third-order valence-corrected chi connectivity index (χ3v) is 3.05. The summed E-state index contributed by atoms with van der Waals surface area (Å²) >= 11 is 17.8. The molecule has 1 aromatic carbocycles. The van der Waals surface area contributed by atoms with Crippen molar-refractivity contribution in [2.24, 2.45) is 0 Å². The average Bonchev–Trinajstić information content (AvgIpc) is 2.23. The molecular weight excluding hydrogens is 268 g/mol. The van der Waals surface area contributed by atoms with Crippen molar-refractivity contribution in [1.29, 1.82) is 0 Å². The van der Waals surface area contributed by atoms with Crippen LogP contribution < -0.4 is 0 Å². The predicted octanol–water partition coefficient (Wildman–Crippen LogP) is 4.41. The molecule has 0 saturated carbocycles. The SMILES string of the molecule is Oc1cncc(-c2cc(Cl)cc(Cl)c2Cl)c1. The Morgan fingerprint density at radius 3 is 2.44 bits per heavy atom. The second kappa shape index (κ2) is 4.50. The molecule has 0 bridgehead atoms. The first-order chi connectivity index (χ1) is 7.58. The highest BCUT2D eigenvalue weighted by atomic mass is 35.5. The number of aromatic hydroxyl groups is 1. The number of rotatable bonds is 1. The Hall–Kier alpha value is -0.960. The minimum Gasteiger partial charge on any atom is -0.506 e. The maximum Gasteiger partial charge on any atom is 0.134 e. The Labute approximate surface area is 107 Å². The summed E-state index contributed by atoms with van der Waals surface area (Å²) in [4.78, 5) is 3.87. The van der Waals surface area contributed by atoms with E-state index < -0.39 is 0 Å². The third kappa shape index (κ3) is 2.24.